The molecule has 2 rings (SSSR count). The molecule has 0 spiro atoms. The van der Waals surface area contributed by atoms with Crippen molar-refractivity contribution in [2.45, 2.75) is 38.4 Å². The summed E-state index contributed by atoms with van der Waals surface area (Å²) in [4.78, 5) is 25.6. The highest BCUT2D eigenvalue weighted by atomic mass is 16.5. The van der Waals surface area contributed by atoms with Crippen LogP contribution >= 0.6 is 0 Å². The Hall–Kier alpha value is -1.88. The smallest absolute Gasteiger partial charge is 0.332 e. The SMILES string of the molecule is CCOC(=O)C(N)C(=O)N(Cc1ccccc1)C1CC1. The van der Waals surface area contributed by atoms with Crippen LogP contribution in [0.5, 0.6) is 0 Å². The molecule has 108 valence electrons. The van der Waals surface area contributed by atoms with Gasteiger partial charge in [-0.15, -0.1) is 0 Å². The minimum atomic E-state index is -1.22. The molecule has 1 aromatic carbocycles. The van der Waals surface area contributed by atoms with Gasteiger partial charge in [-0.3, -0.25) is 4.79 Å². The molecule has 1 fully saturated rings. The molecule has 0 heterocycles. The number of ether oxygens (including phenoxy) is 1. The van der Waals surface area contributed by atoms with E-state index in [0.717, 1.165) is 18.4 Å². The lowest BCUT2D eigenvalue weighted by Crippen LogP contribution is -2.49. The van der Waals surface area contributed by atoms with Crippen molar-refractivity contribution < 1.29 is 14.3 Å². The molecule has 1 aliphatic carbocycles. The third-order valence-corrected chi connectivity index (χ3v) is 3.27. The Morgan fingerprint density at radius 2 is 2.00 bits per heavy atom. The van der Waals surface area contributed by atoms with E-state index in [1.807, 2.05) is 30.3 Å². The van der Waals surface area contributed by atoms with Gasteiger partial charge in [0.2, 0.25) is 0 Å². The summed E-state index contributed by atoms with van der Waals surface area (Å²) >= 11 is 0. The molecule has 2 N–H and O–H groups in total. The van der Waals surface area contributed by atoms with E-state index in [4.69, 9.17) is 10.5 Å². The molecule has 1 aromatic rings. The number of nitrogens with zero attached hydrogens (tertiary/aromatic N) is 1. The lowest BCUT2D eigenvalue weighted by atomic mass is 10.2. The first-order valence-electron chi connectivity index (χ1n) is 6.90. The van der Waals surface area contributed by atoms with Gasteiger partial charge in [0.1, 0.15) is 0 Å². The van der Waals surface area contributed by atoms with E-state index < -0.39 is 12.0 Å². The van der Waals surface area contributed by atoms with Crippen LogP contribution in [0.15, 0.2) is 30.3 Å². The van der Waals surface area contributed by atoms with Crippen LogP contribution in [0, 0.1) is 0 Å². The van der Waals surface area contributed by atoms with E-state index in [2.05, 4.69) is 0 Å². The van der Waals surface area contributed by atoms with Crippen molar-refractivity contribution in [1.82, 2.24) is 4.90 Å². The normalized spacial score (nSPS) is 15.5. The molecule has 1 unspecified atom stereocenters. The van der Waals surface area contributed by atoms with Gasteiger partial charge in [-0.05, 0) is 25.3 Å². The van der Waals surface area contributed by atoms with Crippen molar-refractivity contribution in [3.8, 4) is 0 Å². The number of hydrogen-bond acceptors (Lipinski definition) is 4. The lowest BCUT2D eigenvalue weighted by molar-refractivity contribution is -0.151. The number of rotatable bonds is 6. The van der Waals surface area contributed by atoms with E-state index in [-0.39, 0.29) is 18.6 Å². The first-order valence-corrected chi connectivity index (χ1v) is 6.90. The molecule has 1 atom stereocenters. The number of amides is 1. The van der Waals surface area contributed by atoms with Gasteiger partial charge in [0.15, 0.2) is 6.04 Å². The summed E-state index contributed by atoms with van der Waals surface area (Å²) in [5, 5.41) is 0. The topological polar surface area (TPSA) is 72.6 Å². The number of carbonyl (C=O) groups is 2. The fourth-order valence-corrected chi connectivity index (χ4v) is 2.06. The molecule has 0 radical (unpaired) electrons. The summed E-state index contributed by atoms with van der Waals surface area (Å²) in [6, 6.07) is 8.67. The molecular weight excluding hydrogens is 256 g/mol. The summed E-state index contributed by atoms with van der Waals surface area (Å²) in [6.07, 6.45) is 1.93. The van der Waals surface area contributed by atoms with Gasteiger partial charge in [-0.25, -0.2) is 4.79 Å². The number of nitrogens with two attached hydrogens (primary N) is 1. The highest BCUT2D eigenvalue weighted by molar-refractivity contribution is 6.01. The Morgan fingerprint density at radius 1 is 1.35 bits per heavy atom. The van der Waals surface area contributed by atoms with Gasteiger partial charge in [0.25, 0.3) is 5.91 Å². The maximum Gasteiger partial charge on any atom is 0.332 e. The van der Waals surface area contributed by atoms with Crippen molar-refractivity contribution in [3.63, 3.8) is 0 Å². The first-order chi connectivity index (χ1) is 9.63. The molecule has 5 heteroatoms. The predicted molar refractivity (Wildman–Crippen MR) is 74.6 cm³/mol. The Bertz CT molecular complexity index is 471. The highest BCUT2D eigenvalue weighted by Gasteiger charge is 2.37. The van der Waals surface area contributed by atoms with Crippen LogP contribution in [-0.4, -0.2) is 35.5 Å². The van der Waals surface area contributed by atoms with Gasteiger partial charge in [-0.2, -0.15) is 0 Å². The largest absolute Gasteiger partial charge is 0.464 e. The van der Waals surface area contributed by atoms with Crippen molar-refractivity contribution in [2.24, 2.45) is 5.73 Å². The molecule has 0 aromatic heterocycles. The quantitative estimate of drug-likeness (QED) is 0.623. The zero-order valence-corrected chi connectivity index (χ0v) is 11.6. The maximum absolute atomic E-state index is 12.3. The number of hydrogen-bond donors (Lipinski definition) is 1. The third-order valence-electron chi connectivity index (χ3n) is 3.27. The van der Waals surface area contributed by atoms with Crippen molar-refractivity contribution in [1.29, 1.82) is 0 Å². The van der Waals surface area contributed by atoms with Gasteiger partial charge < -0.3 is 15.4 Å². The van der Waals surface area contributed by atoms with Crippen molar-refractivity contribution >= 4 is 11.9 Å². The minimum Gasteiger partial charge on any atom is -0.464 e. The van der Waals surface area contributed by atoms with Gasteiger partial charge in [-0.1, -0.05) is 30.3 Å². The van der Waals surface area contributed by atoms with Crippen LogP contribution < -0.4 is 5.73 Å². The fraction of sp³-hybridized carbons (Fsp3) is 0.467. The monoisotopic (exact) mass is 276 g/mol. The second-order valence-electron chi connectivity index (χ2n) is 4.91. The van der Waals surface area contributed by atoms with Gasteiger partial charge in [0.05, 0.1) is 6.61 Å². The molecule has 0 bridgehead atoms. The van der Waals surface area contributed by atoms with Crippen molar-refractivity contribution in [3.05, 3.63) is 35.9 Å². The summed E-state index contributed by atoms with van der Waals surface area (Å²) in [5.41, 5.74) is 6.73. The van der Waals surface area contributed by atoms with Crippen LogP contribution in [0.25, 0.3) is 0 Å². The Labute approximate surface area is 118 Å². The lowest BCUT2D eigenvalue weighted by Gasteiger charge is -2.25. The summed E-state index contributed by atoms with van der Waals surface area (Å²) < 4.78 is 4.81. The van der Waals surface area contributed by atoms with Crippen LogP contribution in [0.2, 0.25) is 0 Å². The number of esters is 1. The van der Waals surface area contributed by atoms with Gasteiger partial charge in [0, 0.05) is 12.6 Å². The predicted octanol–water partition coefficient (Wildman–Crippen LogP) is 1.07. The van der Waals surface area contributed by atoms with E-state index in [1.54, 1.807) is 11.8 Å². The molecular formula is C15H20N2O3. The van der Waals surface area contributed by atoms with Crippen LogP contribution in [0.3, 0.4) is 0 Å². The third kappa shape index (κ3) is 3.57. The second kappa shape index (κ2) is 6.52. The van der Waals surface area contributed by atoms with Crippen molar-refractivity contribution in [2.75, 3.05) is 6.61 Å². The molecule has 20 heavy (non-hydrogen) atoms. The second-order valence-corrected chi connectivity index (χ2v) is 4.91. The van der Waals surface area contributed by atoms with E-state index >= 15 is 0 Å². The Balaban J connectivity index is 2.05. The summed E-state index contributed by atoms with van der Waals surface area (Å²) in [5.74, 6) is -1.01. The molecule has 1 aliphatic rings. The van der Waals surface area contributed by atoms with E-state index in [1.165, 1.54) is 0 Å². The Morgan fingerprint density at radius 3 is 2.55 bits per heavy atom. The molecule has 5 nitrogen and oxygen atoms in total. The molecule has 1 saturated carbocycles. The summed E-state index contributed by atoms with van der Waals surface area (Å²) in [6.45, 7) is 2.40. The number of benzene rings is 1. The average Bonchev–Trinajstić information content (AvgIpc) is 3.29. The van der Waals surface area contributed by atoms with Crippen LogP contribution in [0.4, 0.5) is 0 Å². The molecule has 1 amide bonds. The van der Waals surface area contributed by atoms with Crippen LogP contribution in [0.1, 0.15) is 25.3 Å². The minimum absolute atomic E-state index is 0.197. The standard InChI is InChI=1S/C15H20N2O3/c1-2-20-15(19)13(16)14(18)17(12-8-9-12)10-11-6-4-3-5-7-11/h3-7,12-13H,2,8-10,16H2,1H3. The fourth-order valence-electron chi connectivity index (χ4n) is 2.06. The molecule has 0 aliphatic heterocycles. The highest BCUT2D eigenvalue weighted by Crippen LogP contribution is 2.28. The Kier molecular flexibility index (Phi) is 4.74. The van der Waals surface area contributed by atoms with E-state index in [9.17, 15) is 9.59 Å². The van der Waals surface area contributed by atoms with Gasteiger partial charge >= 0.3 is 5.97 Å². The first kappa shape index (κ1) is 14.5. The molecule has 0 saturated heterocycles. The average molecular weight is 276 g/mol. The maximum atomic E-state index is 12.3. The van der Waals surface area contributed by atoms with E-state index in [0.29, 0.717) is 6.54 Å². The zero-order valence-electron chi connectivity index (χ0n) is 11.6. The zero-order chi connectivity index (χ0) is 14.5. The number of carbonyl (C=O) groups excluding carboxylic acids is 2. The van der Waals surface area contributed by atoms with Crippen LogP contribution in [-0.2, 0) is 20.9 Å². The summed E-state index contributed by atoms with van der Waals surface area (Å²) in [7, 11) is 0.